The van der Waals surface area contributed by atoms with E-state index in [1.54, 1.807) is 11.3 Å². The number of nitrogens with one attached hydrogen (secondary N) is 1. The number of hydrogen-bond donors (Lipinski definition) is 1. The molecule has 3 aromatic rings. The second kappa shape index (κ2) is 10.3. The molecule has 0 atom stereocenters. The van der Waals surface area contributed by atoms with E-state index in [2.05, 4.69) is 46.6 Å². The minimum absolute atomic E-state index is 0.0446. The van der Waals surface area contributed by atoms with Crippen molar-refractivity contribution in [2.24, 2.45) is 4.99 Å². The van der Waals surface area contributed by atoms with Gasteiger partial charge in [-0.3, -0.25) is 4.79 Å². The number of aliphatic imine (C=N–C) groups is 1. The highest BCUT2D eigenvalue weighted by atomic mass is 32.1. The molecule has 1 amide bonds. The zero-order chi connectivity index (χ0) is 23.4. The number of fused-ring (bicyclic) bond motifs is 1. The fraction of sp³-hybridized carbons (Fsp3) is 0.357. The molecule has 0 saturated heterocycles. The van der Waals surface area contributed by atoms with Crippen molar-refractivity contribution in [3.05, 3.63) is 75.2 Å². The SMILES string of the molecule is Cc1ccc(C)c(NC(=O)c2c(N=Cc3ccc(N(C)C)cc3)sc3c2CCCCCC3)c1. The molecule has 0 fully saturated rings. The fourth-order valence-corrected chi connectivity index (χ4v) is 5.51. The van der Waals surface area contributed by atoms with E-state index < -0.39 is 0 Å². The Labute approximate surface area is 201 Å². The third kappa shape index (κ3) is 5.53. The molecule has 1 aliphatic carbocycles. The Hall–Kier alpha value is -2.92. The summed E-state index contributed by atoms with van der Waals surface area (Å²) < 4.78 is 0. The highest BCUT2D eigenvalue weighted by Crippen LogP contribution is 2.39. The van der Waals surface area contributed by atoms with Crippen molar-refractivity contribution in [3.63, 3.8) is 0 Å². The van der Waals surface area contributed by atoms with Crippen LogP contribution in [0.25, 0.3) is 0 Å². The first-order valence-corrected chi connectivity index (χ1v) is 12.6. The Balaban J connectivity index is 1.69. The van der Waals surface area contributed by atoms with Crippen LogP contribution in [0, 0.1) is 13.8 Å². The van der Waals surface area contributed by atoms with Crippen molar-refractivity contribution < 1.29 is 4.79 Å². The third-order valence-electron chi connectivity index (χ3n) is 6.26. The molecule has 1 N–H and O–H groups in total. The number of amides is 1. The lowest BCUT2D eigenvalue weighted by Crippen LogP contribution is -2.15. The molecule has 0 spiro atoms. The summed E-state index contributed by atoms with van der Waals surface area (Å²) in [5, 5.41) is 4.01. The highest BCUT2D eigenvalue weighted by Gasteiger charge is 2.24. The van der Waals surface area contributed by atoms with Crippen LogP contribution in [0.4, 0.5) is 16.4 Å². The van der Waals surface area contributed by atoms with Crippen LogP contribution in [-0.4, -0.2) is 26.2 Å². The molecule has 1 aromatic heterocycles. The molecule has 4 rings (SSSR count). The first-order valence-electron chi connectivity index (χ1n) is 11.8. The lowest BCUT2D eigenvalue weighted by molar-refractivity contribution is 0.102. The van der Waals surface area contributed by atoms with E-state index in [1.165, 1.54) is 29.7 Å². The van der Waals surface area contributed by atoms with E-state index in [9.17, 15) is 4.79 Å². The monoisotopic (exact) mass is 459 g/mol. The molecule has 4 nitrogen and oxygen atoms in total. The number of thiophene rings is 1. The number of carbonyl (C=O) groups is 1. The van der Waals surface area contributed by atoms with Crippen LogP contribution < -0.4 is 10.2 Å². The average Bonchev–Trinajstić information content (AvgIpc) is 3.11. The van der Waals surface area contributed by atoms with E-state index in [0.29, 0.717) is 0 Å². The molecular formula is C28H33N3OS. The van der Waals surface area contributed by atoms with Gasteiger partial charge in [-0.2, -0.15) is 0 Å². The molecule has 2 aromatic carbocycles. The van der Waals surface area contributed by atoms with E-state index in [4.69, 9.17) is 4.99 Å². The fourth-order valence-electron chi connectivity index (χ4n) is 4.28. The Kier molecular flexibility index (Phi) is 7.29. The molecule has 172 valence electrons. The quantitative estimate of drug-likeness (QED) is 0.414. The second-order valence-electron chi connectivity index (χ2n) is 9.11. The van der Waals surface area contributed by atoms with Gasteiger partial charge in [0.15, 0.2) is 0 Å². The van der Waals surface area contributed by atoms with Gasteiger partial charge in [-0.25, -0.2) is 4.99 Å². The molecule has 0 unspecified atom stereocenters. The standard InChI is InChI=1S/C28H33N3OS/c1-19-11-12-20(2)24(17-19)30-27(32)26-23-9-7-5-6-8-10-25(23)33-28(26)29-18-21-13-15-22(16-14-21)31(3)4/h11-18H,5-10H2,1-4H3,(H,30,32). The number of rotatable bonds is 5. The van der Waals surface area contributed by atoms with Gasteiger partial charge in [0.25, 0.3) is 5.91 Å². The third-order valence-corrected chi connectivity index (χ3v) is 7.46. The maximum Gasteiger partial charge on any atom is 0.259 e. The first kappa shape index (κ1) is 23.2. The maximum absolute atomic E-state index is 13.6. The van der Waals surface area contributed by atoms with Crippen molar-refractivity contribution in [1.82, 2.24) is 0 Å². The average molecular weight is 460 g/mol. The summed E-state index contributed by atoms with van der Waals surface area (Å²) in [4.78, 5) is 21.8. The number of aryl methyl sites for hydroxylation is 3. The van der Waals surface area contributed by atoms with E-state index in [1.807, 2.05) is 40.2 Å². The Morgan fingerprint density at radius 1 is 1.00 bits per heavy atom. The van der Waals surface area contributed by atoms with Gasteiger partial charge in [-0.1, -0.05) is 37.1 Å². The Morgan fingerprint density at radius 3 is 2.45 bits per heavy atom. The molecule has 5 heteroatoms. The number of carbonyl (C=O) groups excluding carboxylic acids is 1. The van der Waals surface area contributed by atoms with Crippen molar-refractivity contribution in [2.75, 3.05) is 24.3 Å². The lowest BCUT2D eigenvalue weighted by atomic mass is 9.96. The zero-order valence-corrected chi connectivity index (χ0v) is 20.9. The van der Waals surface area contributed by atoms with Gasteiger partial charge in [0.2, 0.25) is 0 Å². The van der Waals surface area contributed by atoms with Crippen molar-refractivity contribution in [1.29, 1.82) is 0 Å². The number of hydrogen-bond acceptors (Lipinski definition) is 4. The van der Waals surface area contributed by atoms with E-state index >= 15 is 0 Å². The van der Waals surface area contributed by atoms with E-state index in [-0.39, 0.29) is 5.91 Å². The largest absolute Gasteiger partial charge is 0.378 e. The van der Waals surface area contributed by atoms with Crippen LogP contribution in [0.2, 0.25) is 0 Å². The summed E-state index contributed by atoms with van der Waals surface area (Å²) in [7, 11) is 4.07. The second-order valence-corrected chi connectivity index (χ2v) is 10.2. The lowest BCUT2D eigenvalue weighted by Gasteiger charge is -2.13. The van der Waals surface area contributed by atoms with Gasteiger partial charge >= 0.3 is 0 Å². The minimum atomic E-state index is -0.0446. The van der Waals surface area contributed by atoms with Gasteiger partial charge in [-0.15, -0.1) is 11.3 Å². The summed E-state index contributed by atoms with van der Waals surface area (Å²) in [6.45, 7) is 4.08. The van der Waals surface area contributed by atoms with Gasteiger partial charge < -0.3 is 10.2 Å². The van der Waals surface area contributed by atoms with Gasteiger partial charge in [0.1, 0.15) is 5.00 Å². The summed E-state index contributed by atoms with van der Waals surface area (Å²) in [5.74, 6) is -0.0446. The zero-order valence-electron chi connectivity index (χ0n) is 20.1. The number of anilines is 2. The Morgan fingerprint density at radius 2 is 1.73 bits per heavy atom. The molecule has 1 heterocycles. The molecule has 0 bridgehead atoms. The van der Waals surface area contributed by atoms with Crippen molar-refractivity contribution >= 4 is 39.8 Å². The van der Waals surface area contributed by atoms with Crippen LogP contribution in [0.15, 0.2) is 47.5 Å². The van der Waals surface area contributed by atoms with Crippen LogP contribution in [0.5, 0.6) is 0 Å². The number of nitrogens with zero attached hydrogens (tertiary/aromatic N) is 2. The maximum atomic E-state index is 13.6. The molecular weight excluding hydrogens is 426 g/mol. The van der Waals surface area contributed by atoms with Crippen molar-refractivity contribution in [3.8, 4) is 0 Å². The predicted molar refractivity (Wildman–Crippen MR) is 142 cm³/mol. The highest BCUT2D eigenvalue weighted by molar-refractivity contribution is 7.16. The summed E-state index contributed by atoms with van der Waals surface area (Å²) in [6.07, 6.45) is 8.67. The first-order chi connectivity index (χ1) is 15.9. The van der Waals surface area contributed by atoms with Crippen LogP contribution in [-0.2, 0) is 12.8 Å². The van der Waals surface area contributed by atoms with Crippen LogP contribution in [0.1, 0.15) is 63.2 Å². The molecule has 0 radical (unpaired) electrons. The number of benzene rings is 2. The predicted octanol–water partition coefficient (Wildman–Crippen LogP) is 7.09. The summed E-state index contributed by atoms with van der Waals surface area (Å²) in [5.41, 5.74) is 7.23. The molecule has 33 heavy (non-hydrogen) atoms. The van der Waals surface area contributed by atoms with Gasteiger partial charge in [-0.05, 0) is 80.0 Å². The molecule has 0 aliphatic heterocycles. The summed E-state index contributed by atoms with van der Waals surface area (Å²) in [6, 6.07) is 14.5. The van der Waals surface area contributed by atoms with Gasteiger partial charge in [0.05, 0.1) is 5.56 Å². The summed E-state index contributed by atoms with van der Waals surface area (Å²) >= 11 is 1.69. The van der Waals surface area contributed by atoms with Crippen molar-refractivity contribution in [2.45, 2.75) is 52.4 Å². The van der Waals surface area contributed by atoms with E-state index in [0.717, 1.165) is 57.9 Å². The molecule has 0 saturated carbocycles. The van der Waals surface area contributed by atoms with Crippen LogP contribution >= 0.6 is 11.3 Å². The topological polar surface area (TPSA) is 44.7 Å². The minimum Gasteiger partial charge on any atom is -0.378 e. The van der Waals surface area contributed by atoms with Crippen LogP contribution in [0.3, 0.4) is 0 Å². The molecule has 1 aliphatic rings. The normalized spacial score (nSPS) is 13.9. The smallest absolute Gasteiger partial charge is 0.259 e. The van der Waals surface area contributed by atoms with Gasteiger partial charge in [0, 0.05) is 36.6 Å². The Bertz CT molecular complexity index is 1160.